The van der Waals surface area contributed by atoms with Crippen LogP contribution in [-0.2, 0) is 0 Å². The van der Waals surface area contributed by atoms with Crippen LogP contribution in [0.2, 0.25) is 0 Å². The Morgan fingerprint density at radius 3 is 2.43 bits per heavy atom. The fourth-order valence-electron chi connectivity index (χ4n) is 1.53. The van der Waals surface area contributed by atoms with Gasteiger partial charge in [-0.05, 0) is 30.4 Å². The molecule has 1 heterocycles. The molecule has 0 aliphatic heterocycles. The summed E-state index contributed by atoms with van der Waals surface area (Å²) in [6, 6.07) is 3.42. The fourth-order valence-corrected chi connectivity index (χ4v) is 1.53. The van der Waals surface area contributed by atoms with Crippen molar-refractivity contribution in [3.63, 3.8) is 0 Å². The molecular formula is C11H15NO2. The molecule has 0 atom stereocenters. The molecule has 1 N–H and O–H groups in total. The van der Waals surface area contributed by atoms with Crippen molar-refractivity contribution >= 4 is 5.97 Å². The van der Waals surface area contributed by atoms with Crippen LogP contribution >= 0.6 is 0 Å². The molecule has 0 saturated carbocycles. The summed E-state index contributed by atoms with van der Waals surface area (Å²) < 4.78 is 0. The van der Waals surface area contributed by atoms with Gasteiger partial charge in [0.2, 0.25) is 0 Å². The van der Waals surface area contributed by atoms with Gasteiger partial charge in [-0.3, -0.25) is 0 Å². The average molecular weight is 193 g/mol. The third-order valence-corrected chi connectivity index (χ3v) is 2.46. The number of carboxylic acid groups (broad SMARTS) is 1. The zero-order valence-electron chi connectivity index (χ0n) is 8.53. The van der Waals surface area contributed by atoms with Gasteiger partial charge in [-0.15, -0.1) is 0 Å². The molecule has 0 spiro atoms. The SMILES string of the molecule is CCC(CC)c1ccc(C(=O)O)nc1. The Kier molecular flexibility index (Phi) is 3.63. The average Bonchev–Trinajstić information content (AvgIpc) is 2.20. The Bertz CT molecular complexity index is 302. The van der Waals surface area contributed by atoms with Gasteiger partial charge in [0, 0.05) is 6.20 Å². The minimum atomic E-state index is -0.971. The van der Waals surface area contributed by atoms with Crippen molar-refractivity contribution in [2.75, 3.05) is 0 Å². The predicted molar refractivity (Wildman–Crippen MR) is 54.5 cm³/mol. The molecule has 1 rings (SSSR count). The van der Waals surface area contributed by atoms with E-state index < -0.39 is 5.97 Å². The highest BCUT2D eigenvalue weighted by atomic mass is 16.4. The molecule has 1 aromatic heterocycles. The maximum atomic E-state index is 10.6. The summed E-state index contributed by atoms with van der Waals surface area (Å²) in [6.07, 6.45) is 3.79. The summed E-state index contributed by atoms with van der Waals surface area (Å²) in [7, 11) is 0. The van der Waals surface area contributed by atoms with Crippen molar-refractivity contribution in [1.29, 1.82) is 0 Å². The van der Waals surface area contributed by atoms with Gasteiger partial charge >= 0.3 is 5.97 Å². The molecule has 0 aliphatic carbocycles. The summed E-state index contributed by atoms with van der Waals surface area (Å²) in [4.78, 5) is 14.5. The van der Waals surface area contributed by atoms with E-state index in [-0.39, 0.29) is 5.69 Å². The Labute approximate surface area is 83.8 Å². The quantitative estimate of drug-likeness (QED) is 0.799. The van der Waals surface area contributed by atoms with E-state index in [9.17, 15) is 4.79 Å². The number of nitrogens with zero attached hydrogens (tertiary/aromatic N) is 1. The summed E-state index contributed by atoms with van der Waals surface area (Å²) in [6.45, 7) is 4.25. The lowest BCUT2D eigenvalue weighted by Crippen LogP contribution is -2.02. The number of aromatic carboxylic acids is 1. The summed E-state index contributed by atoms with van der Waals surface area (Å²) >= 11 is 0. The van der Waals surface area contributed by atoms with E-state index in [0.29, 0.717) is 5.92 Å². The van der Waals surface area contributed by atoms with Crippen LogP contribution in [-0.4, -0.2) is 16.1 Å². The van der Waals surface area contributed by atoms with Crippen molar-refractivity contribution in [1.82, 2.24) is 4.98 Å². The van der Waals surface area contributed by atoms with E-state index in [0.717, 1.165) is 18.4 Å². The Balaban J connectivity index is 2.87. The molecule has 0 fully saturated rings. The first-order valence-corrected chi connectivity index (χ1v) is 4.88. The third kappa shape index (κ3) is 2.31. The number of carboxylic acids is 1. The van der Waals surface area contributed by atoms with Crippen molar-refractivity contribution in [3.8, 4) is 0 Å². The normalized spacial score (nSPS) is 10.5. The first-order chi connectivity index (χ1) is 6.69. The molecule has 0 amide bonds. The number of rotatable bonds is 4. The lowest BCUT2D eigenvalue weighted by atomic mass is 9.95. The second-order valence-corrected chi connectivity index (χ2v) is 3.30. The zero-order chi connectivity index (χ0) is 10.6. The van der Waals surface area contributed by atoms with E-state index in [1.54, 1.807) is 12.3 Å². The number of hydrogen-bond acceptors (Lipinski definition) is 2. The Morgan fingerprint density at radius 2 is 2.07 bits per heavy atom. The molecule has 0 bridgehead atoms. The topological polar surface area (TPSA) is 50.2 Å². The number of pyridine rings is 1. The van der Waals surface area contributed by atoms with Gasteiger partial charge in [0.15, 0.2) is 0 Å². The molecule has 0 unspecified atom stereocenters. The number of aromatic nitrogens is 1. The Hall–Kier alpha value is -1.38. The van der Waals surface area contributed by atoms with Gasteiger partial charge in [-0.25, -0.2) is 9.78 Å². The van der Waals surface area contributed by atoms with Crippen LogP contribution < -0.4 is 0 Å². The molecule has 0 aliphatic rings. The molecule has 0 aromatic carbocycles. The molecule has 3 nitrogen and oxygen atoms in total. The second-order valence-electron chi connectivity index (χ2n) is 3.30. The molecule has 0 saturated heterocycles. The van der Waals surface area contributed by atoms with Crippen LogP contribution in [0.5, 0.6) is 0 Å². The zero-order valence-corrected chi connectivity index (χ0v) is 8.53. The molecular weight excluding hydrogens is 178 g/mol. The van der Waals surface area contributed by atoms with E-state index in [1.165, 1.54) is 0 Å². The minimum absolute atomic E-state index is 0.111. The maximum Gasteiger partial charge on any atom is 0.354 e. The monoisotopic (exact) mass is 193 g/mol. The maximum absolute atomic E-state index is 10.6. The van der Waals surface area contributed by atoms with Crippen LogP contribution in [0.4, 0.5) is 0 Å². The molecule has 14 heavy (non-hydrogen) atoms. The van der Waals surface area contributed by atoms with Gasteiger partial charge in [0.25, 0.3) is 0 Å². The first kappa shape index (κ1) is 10.7. The number of carbonyl (C=O) groups is 1. The molecule has 3 heteroatoms. The molecule has 76 valence electrons. The van der Waals surface area contributed by atoms with Gasteiger partial charge < -0.3 is 5.11 Å². The van der Waals surface area contributed by atoms with Crippen molar-refractivity contribution in [2.24, 2.45) is 0 Å². The van der Waals surface area contributed by atoms with Crippen LogP contribution in [0, 0.1) is 0 Å². The van der Waals surface area contributed by atoms with E-state index in [4.69, 9.17) is 5.11 Å². The highest BCUT2D eigenvalue weighted by Crippen LogP contribution is 2.21. The van der Waals surface area contributed by atoms with Crippen LogP contribution in [0.3, 0.4) is 0 Å². The lowest BCUT2D eigenvalue weighted by molar-refractivity contribution is 0.0690. The second kappa shape index (κ2) is 4.74. The largest absolute Gasteiger partial charge is 0.477 e. The minimum Gasteiger partial charge on any atom is -0.477 e. The summed E-state index contributed by atoms with van der Waals surface area (Å²) in [5.41, 5.74) is 1.24. The van der Waals surface area contributed by atoms with Gasteiger partial charge in [0.1, 0.15) is 5.69 Å². The van der Waals surface area contributed by atoms with Crippen molar-refractivity contribution in [2.45, 2.75) is 32.6 Å². The molecule has 0 radical (unpaired) electrons. The summed E-state index contributed by atoms with van der Waals surface area (Å²) in [5.74, 6) is -0.480. The van der Waals surface area contributed by atoms with E-state index >= 15 is 0 Å². The van der Waals surface area contributed by atoms with Crippen LogP contribution in [0.1, 0.15) is 48.7 Å². The lowest BCUT2D eigenvalue weighted by Gasteiger charge is -2.11. The first-order valence-electron chi connectivity index (χ1n) is 4.88. The summed E-state index contributed by atoms with van der Waals surface area (Å²) in [5, 5.41) is 8.67. The van der Waals surface area contributed by atoms with Crippen molar-refractivity contribution in [3.05, 3.63) is 29.6 Å². The highest BCUT2D eigenvalue weighted by Gasteiger charge is 2.09. The number of hydrogen-bond donors (Lipinski definition) is 1. The van der Waals surface area contributed by atoms with Crippen LogP contribution in [0.25, 0.3) is 0 Å². The smallest absolute Gasteiger partial charge is 0.354 e. The fraction of sp³-hybridized carbons (Fsp3) is 0.455. The van der Waals surface area contributed by atoms with E-state index in [1.807, 2.05) is 6.07 Å². The highest BCUT2D eigenvalue weighted by molar-refractivity contribution is 5.85. The Morgan fingerprint density at radius 1 is 1.43 bits per heavy atom. The third-order valence-electron chi connectivity index (χ3n) is 2.46. The van der Waals surface area contributed by atoms with Gasteiger partial charge in [0.05, 0.1) is 0 Å². The van der Waals surface area contributed by atoms with Crippen molar-refractivity contribution < 1.29 is 9.90 Å². The standard InChI is InChI=1S/C11H15NO2/c1-3-8(4-2)9-5-6-10(11(13)14)12-7-9/h5-8H,3-4H2,1-2H3,(H,13,14). The van der Waals surface area contributed by atoms with Crippen LogP contribution in [0.15, 0.2) is 18.3 Å². The van der Waals surface area contributed by atoms with Gasteiger partial charge in [-0.1, -0.05) is 19.9 Å². The predicted octanol–water partition coefficient (Wildman–Crippen LogP) is 2.68. The van der Waals surface area contributed by atoms with Gasteiger partial charge in [-0.2, -0.15) is 0 Å². The molecule has 1 aromatic rings. The van der Waals surface area contributed by atoms with E-state index in [2.05, 4.69) is 18.8 Å².